The number of benzene rings is 2. The fraction of sp³-hybridized carbons (Fsp3) is 0.0952. The van der Waals surface area contributed by atoms with Gasteiger partial charge in [-0.15, -0.1) is 11.3 Å². The number of anilines is 1. The maximum absolute atomic E-state index is 16.0. The summed E-state index contributed by atoms with van der Waals surface area (Å²) in [6.07, 6.45) is -2.08. The number of carbonyl (C=O) groups excluding carboxylic acids is 1. The number of aromatic nitrogens is 2. The summed E-state index contributed by atoms with van der Waals surface area (Å²) in [6, 6.07) is 11.2. The van der Waals surface area contributed by atoms with Gasteiger partial charge in [0.1, 0.15) is 10.7 Å². The highest BCUT2D eigenvalue weighted by Crippen LogP contribution is 2.35. The van der Waals surface area contributed by atoms with Gasteiger partial charge in [0, 0.05) is 27.7 Å². The normalized spacial score (nSPS) is 12.1. The zero-order valence-corrected chi connectivity index (χ0v) is 17.1. The molecule has 0 aliphatic rings. The van der Waals surface area contributed by atoms with Crippen LogP contribution >= 0.6 is 22.9 Å². The summed E-state index contributed by atoms with van der Waals surface area (Å²) in [5.74, 6) is -1.34. The Bertz CT molecular complexity index is 1320. The zero-order chi connectivity index (χ0) is 21.4. The van der Waals surface area contributed by atoms with Crippen LogP contribution in [0.5, 0.6) is 0 Å². The molecule has 0 aliphatic heterocycles. The van der Waals surface area contributed by atoms with Crippen LogP contribution in [-0.2, 0) is 0 Å². The molecule has 5 nitrogen and oxygen atoms in total. The first-order valence-corrected chi connectivity index (χ1v) is 10.1. The second-order valence-electron chi connectivity index (χ2n) is 6.51. The minimum absolute atomic E-state index is 0.130. The van der Waals surface area contributed by atoms with Gasteiger partial charge in [-0.2, -0.15) is 0 Å². The van der Waals surface area contributed by atoms with E-state index in [2.05, 4.69) is 9.97 Å². The molecule has 30 heavy (non-hydrogen) atoms. The van der Waals surface area contributed by atoms with Crippen LogP contribution in [-0.4, -0.2) is 15.9 Å². The third kappa shape index (κ3) is 3.59. The van der Waals surface area contributed by atoms with Crippen molar-refractivity contribution in [2.24, 2.45) is 0 Å². The molecule has 1 amide bonds. The number of aryl methyl sites for hydroxylation is 1. The summed E-state index contributed by atoms with van der Waals surface area (Å²) in [6.45, 7) is 1.64. The second-order valence-corrected chi connectivity index (χ2v) is 7.80. The topological polar surface area (TPSA) is 66.1 Å². The molecular weight excluding hydrogens is 432 g/mol. The number of aromatic amines is 1. The summed E-state index contributed by atoms with van der Waals surface area (Å²) in [7, 11) is 0. The number of rotatable bonds is 4. The molecule has 0 saturated carbocycles. The number of amides is 1. The third-order valence-electron chi connectivity index (χ3n) is 4.59. The van der Waals surface area contributed by atoms with Crippen LogP contribution in [0.2, 0.25) is 5.02 Å². The van der Waals surface area contributed by atoms with Gasteiger partial charge in [-0.3, -0.25) is 14.5 Å². The molecule has 4 aromatic rings. The molecule has 1 atom stereocenters. The molecule has 4 rings (SSSR count). The van der Waals surface area contributed by atoms with Crippen molar-refractivity contribution in [1.82, 2.24) is 9.97 Å². The number of fused-ring (bicyclic) bond motifs is 1. The van der Waals surface area contributed by atoms with Crippen LogP contribution in [0.4, 0.5) is 14.5 Å². The van der Waals surface area contributed by atoms with Crippen molar-refractivity contribution >= 4 is 45.4 Å². The van der Waals surface area contributed by atoms with Gasteiger partial charge in [0.15, 0.2) is 0 Å². The van der Waals surface area contributed by atoms with Crippen molar-refractivity contribution in [3.8, 4) is 0 Å². The van der Waals surface area contributed by atoms with Gasteiger partial charge in [-0.05, 0) is 31.2 Å². The molecule has 0 saturated heterocycles. The van der Waals surface area contributed by atoms with Crippen molar-refractivity contribution < 1.29 is 13.6 Å². The lowest BCUT2D eigenvalue weighted by Gasteiger charge is -2.27. The molecule has 2 aromatic heterocycles. The van der Waals surface area contributed by atoms with Crippen molar-refractivity contribution in [2.75, 3.05) is 4.90 Å². The molecule has 0 aliphatic carbocycles. The van der Waals surface area contributed by atoms with E-state index in [4.69, 9.17) is 11.6 Å². The van der Waals surface area contributed by atoms with Gasteiger partial charge in [-0.25, -0.2) is 13.8 Å². The van der Waals surface area contributed by atoms with Gasteiger partial charge < -0.3 is 4.98 Å². The molecule has 0 bridgehead atoms. The van der Waals surface area contributed by atoms with Gasteiger partial charge in [-0.1, -0.05) is 29.8 Å². The maximum Gasteiger partial charge on any atom is 0.272 e. The van der Waals surface area contributed by atoms with E-state index in [0.29, 0.717) is 10.7 Å². The Balaban J connectivity index is 1.93. The van der Waals surface area contributed by atoms with Crippen LogP contribution in [0.3, 0.4) is 0 Å². The Hall–Kier alpha value is -3.10. The smallest absolute Gasteiger partial charge is 0.272 e. The number of nitrogens with one attached hydrogen (secondary N) is 1. The number of hydrogen-bond acceptors (Lipinski definition) is 4. The standard InChI is InChI=1S/C21H14ClF2N3O2S/c1-11-19(30-10-25-11)21(29)27(13-5-2-4-12(22)8-13)20(24)15-9-17(28)26-18-14(15)6-3-7-16(18)23/h2-10,20H,1H3,(H,26,28). The first-order chi connectivity index (χ1) is 14.4. The third-order valence-corrected chi connectivity index (χ3v) is 5.74. The van der Waals surface area contributed by atoms with E-state index in [1.54, 1.807) is 19.1 Å². The maximum atomic E-state index is 16.0. The number of nitrogens with zero attached hydrogens (tertiary/aromatic N) is 2. The van der Waals surface area contributed by atoms with E-state index in [9.17, 15) is 14.0 Å². The minimum atomic E-state index is -2.08. The Morgan fingerprint density at radius 3 is 2.70 bits per heavy atom. The lowest BCUT2D eigenvalue weighted by molar-refractivity contribution is 0.0954. The Morgan fingerprint density at radius 1 is 1.23 bits per heavy atom. The lowest BCUT2D eigenvalue weighted by Crippen LogP contribution is -2.33. The first kappa shape index (κ1) is 20.2. The highest BCUT2D eigenvalue weighted by Gasteiger charge is 2.31. The Kier molecular flexibility index (Phi) is 5.36. The average Bonchev–Trinajstić information content (AvgIpc) is 3.14. The predicted octanol–water partition coefficient (Wildman–Crippen LogP) is 5.40. The fourth-order valence-corrected chi connectivity index (χ4v) is 4.12. The van der Waals surface area contributed by atoms with E-state index in [1.165, 1.54) is 29.8 Å². The largest absolute Gasteiger partial charge is 0.319 e. The molecule has 152 valence electrons. The van der Waals surface area contributed by atoms with E-state index in [1.807, 2.05) is 0 Å². The van der Waals surface area contributed by atoms with E-state index in [0.717, 1.165) is 28.4 Å². The van der Waals surface area contributed by atoms with Gasteiger partial charge in [0.05, 0.1) is 16.7 Å². The number of H-pyrrole nitrogens is 1. The molecule has 0 spiro atoms. The van der Waals surface area contributed by atoms with Crippen LogP contribution in [0.15, 0.2) is 58.8 Å². The van der Waals surface area contributed by atoms with Gasteiger partial charge in [0.25, 0.3) is 5.91 Å². The fourth-order valence-electron chi connectivity index (χ4n) is 3.20. The van der Waals surface area contributed by atoms with Crippen LogP contribution in [0, 0.1) is 12.7 Å². The minimum Gasteiger partial charge on any atom is -0.319 e. The number of para-hydroxylation sites is 1. The molecule has 1 N–H and O–H groups in total. The predicted molar refractivity (Wildman–Crippen MR) is 113 cm³/mol. The van der Waals surface area contributed by atoms with Crippen molar-refractivity contribution in [3.05, 3.63) is 91.4 Å². The highest BCUT2D eigenvalue weighted by atomic mass is 35.5. The summed E-state index contributed by atoms with van der Waals surface area (Å²) < 4.78 is 30.2. The Labute approximate surface area is 178 Å². The van der Waals surface area contributed by atoms with Gasteiger partial charge >= 0.3 is 0 Å². The second kappa shape index (κ2) is 7.97. The molecule has 0 radical (unpaired) electrons. The number of pyridine rings is 1. The molecular formula is C21H14ClF2N3O2S. The van der Waals surface area contributed by atoms with E-state index < -0.39 is 23.6 Å². The molecule has 9 heteroatoms. The van der Waals surface area contributed by atoms with Crippen LogP contribution in [0.1, 0.15) is 27.2 Å². The average molecular weight is 446 g/mol. The van der Waals surface area contributed by atoms with Gasteiger partial charge in [0.2, 0.25) is 11.9 Å². The number of alkyl halides is 1. The highest BCUT2D eigenvalue weighted by molar-refractivity contribution is 7.12. The Morgan fingerprint density at radius 2 is 2.00 bits per heavy atom. The molecule has 0 fully saturated rings. The monoisotopic (exact) mass is 445 g/mol. The van der Waals surface area contributed by atoms with Crippen LogP contribution < -0.4 is 10.5 Å². The van der Waals surface area contributed by atoms with Crippen molar-refractivity contribution in [1.29, 1.82) is 0 Å². The quantitative estimate of drug-likeness (QED) is 0.428. The molecule has 2 aromatic carbocycles. The summed E-state index contributed by atoms with van der Waals surface area (Å²) in [5.41, 5.74) is 1.18. The SMILES string of the molecule is Cc1ncsc1C(=O)N(c1cccc(Cl)c1)C(F)c1cc(=O)[nH]c2c(F)cccc12. The number of hydrogen-bond donors (Lipinski definition) is 1. The molecule has 2 heterocycles. The van der Waals surface area contributed by atoms with Crippen molar-refractivity contribution in [2.45, 2.75) is 13.2 Å². The first-order valence-electron chi connectivity index (χ1n) is 8.81. The zero-order valence-electron chi connectivity index (χ0n) is 15.5. The lowest BCUT2D eigenvalue weighted by atomic mass is 10.1. The number of halogens is 3. The summed E-state index contributed by atoms with van der Waals surface area (Å²) in [4.78, 5) is 33.0. The van der Waals surface area contributed by atoms with Crippen LogP contribution in [0.25, 0.3) is 10.9 Å². The summed E-state index contributed by atoms with van der Waals surface area (Å²) in [5, 5.41) is 0.461. The van der Waals surface area contributed by atoms with E-state index in [-0.39, 0.29) is 27.0 Å². The summed E-state index contributed by atoms with van der Waals surface area (Å²) >= 11 is 7.14. The molecule has 1 unspecified atom stereocenters. The van der Waals surface area contributed by atoms with E-state index >= 15 is 4.39 Å². The van der Waals surface area contributed by atoms with Crippen molar-refractivity contribution in [3.63, 3.8) is 0 Å². The number of carbonyl (C=O) groups is 1. The number of thiazole rings is 1.